The van der Waals surface area contributed by atoms with Crippen molar-refractivity contribution in [2.75, 3.05) is 53.9 Å². The molecule has 0 radical (unpaired) electrons. The van der Waals surface area contributed by atoms with Gasteiger partial charge >= 0.3 is 0 Å². The van der Waals surface area contributed by atoms with Crippen molar-refractivity contribution in [1.29, 1.82) is 0 Å². The molecular formula is C13H29N3. The second kappa shape index (κ2) is 8.04. The van der Waals surface area contributed by atoms with Gasteiger partial charge in [-0.15, -0.1) is 0 Å². The molecular weight excluding hydrogens is 198 g/mol. The van der Waals surface area contributed by atoms with Crippen molar-refractivity contribution in [1.82, 2.24) is 15.1 Å². The summed E-state index contributed by atoms with van der Waals surface area (Å²) < 4.78 is 0. The number of nitrogens with zero attached hydrogens (tertiary/aromatic N) is 2. The predicted octanol–water partition coefficient (Wildman–Crippen LogP) is 1.26. The number of hydrogen-bond acceptors (Lipinski definition) is 3. The van der Waals surface area contributed by atoms with Crippen LogP contribution >= 0.6 is 0 Å². The average Bonchev–Trinajstić information content (AvgIpc) is 2.27. The maximum absolute atomic E-state index is 3.49. The number of piperidine rings is 1. The van der Waals surface area contributed by atoms with Gasteiger partial charge in [-0.25, -0.2) is 0 Å². The maximum atomic E-state index is 3.49. The molecule has 0 saturated carbocycles. The third-order valence-electron chi connectivity index (χ3n) is 3.46. The van der Waals surface area contributed by atoms with E-state index in [1.165, 1.54) is 58.4 Å². The van der Waals surface area contributed by atoms with Gasteiger partial charge in [-0.3, -0.25) is 0 Å². The van der Waals surface area contributed by atoms with Crippen molar-refractivity contribution in [2.24, 2.45) is 5.92 Å². The molecule has 1 rings (SSSR count). The summed E-state index contributed by atoms with van der Waals surface area (Å²) in [7, 11) is 6.55. The van der Waals surface area contributed by atoms with Crippen LogP contribution in [0.25, 0.3) is 0 Å². The van der Waals surface area contributed by atoms with Gasteiger partial charge in [0.05, 0.1) is 0 Å². The largest absolute Gasteiger partial charge is 0.316 e. The molecule has 0 spiro atoms. The van der Waals surface area contributed by atoms with Crippen molar-refractivity contribution < 1.29 is 0 Å². The normalized spacial score (nSPS) is 21.9. The topological polar surface area (TPSA) is 18.5 Å². The fourth-order valence-electron chi connectivity index (χ4n) is 2.34. The van der Waals surface area contributed by atoms with Crippen LogP contribution in [0.5, 0.6) is 0 Å². The SMILES string of the molecule is CN(C)CCCN(C)CCC1CCCNC1. The first-order valence-electron chi connectivity index (χ1n) is 6.72. The standard InChI is InChI=1S/C13H29N3/c1-15(2)9-5-10-16(3)11-7-13-6-4-8-14-12-13/h13-14H,4-12H2,1-3H3. The van der Waals surface area contributed by atoms with E-state index in [0.29, 0.717) is 0 Å². The summed E-state index contributed by atoms with van der Waals surface area (Å²) in [4.78, 5) is 4.75. The lowest BCUT2D eigenvalue weighted by atomic mass is 9.96. The molecule has 0 aromatic rings. The monoisotopic (exact) mass is 227 g/mol. The van der Waals surface area contributed by atoms with E-state index in [1.54, 1.807) is 0 Å². The zero-order valence-electron chi connectivity index (χ0n) is 11.3. The van der Waals surface area contributed by atoms with E-state index in [-0.39, 0.29) is 0 Å². The van der Waals surface area contributed by atoms with E-state index in [0.717, 1.165) is 5.92 Å². The molecule has 1 N–H and O–H groups in total. The Morgan fingerprint density at radius 3 is 2.56 bits per heavy atom. The summed E-state index contributed by atoms with van der Waals surface area (Å²) in [6.07, 6.45) is 5.45. The lowest BCUT2D eigenvalue weighted by Gasteiger charge is -2.25. The summed E-state index contributed by atoms with van der Waals surface area (Å²) in [5, 5.41) is 3.49. The van der Waals surface area contributed by atoms with Crippen LogP contribution in [0.3, 0.4) is 0 Å². The zero-order chi connectivity index (χ0) is 11.8. The van der Waals surface area contributed by atoms with E-state index >= 15 is 0 Å². The first kappa shape index (κ1) is 13.9. The molecule has 1 atom stereocenters. The third-order valence-corrected chi connectivity index (χ3v) is 3.46. The molecule has 3 heteroatoms. The highest BCUT2D eigenvalue weighted by Gasteiger charge is 2.13. The van der Waals surface area contributed by atoms with Crippen LogP contribution in [0.2, 0.25) is 0 Å². The predicted molar refractivity (Wildman–Crippen MR) is 70.9 cm³/mol. The third kappa shape index (κ3) is 6.46. The van der Waals surface area contributed by atoms with Crippen LogP contribution in [0, 0.1) is 5.92 Å². The Morgan fingerprint density at radius 2 is 1.94 bits per heavy atom. The van der Waals surface area contributed by atoms with Gasteiger partial charge in [-0.1, -0.05) is 0 Å². The molecule has 96 valence electrons. The fraction of sp³-hybridized carbons (Fsp3) is 1.00. The van der Waals surface area contributed by atoms with Crippen LogP contribution in [0.15, 0.2) is 0 Å². The Kier molecular flexibility index (Phi) is 7.01. The van der Waals surface area contributed by atoms with E-state index in [1.807, 2.05) is 0 Å². The Morgan fingerprint density at radius 1 is 1.12 bits per heavy atom. The van der Waals surface area contributed by atoms with E-state index in [4.69, 9.17) is 0 Å². The van der Waals surface area contributed by atoms with Crippen LogP contribution in [-0.4, -0.2) is 63.7 Å². The van der Waals surface area contributed by atoms with Crippen molar-refractivity contribution >= 4 is 0 Å². The van der Waals surface area contributed by atoms with Gasteiger partial charge in [-0.2, -0.15) is 0 Å². The molecule has 0 amide bonds. The number of nitrogens with one attached hydrogen (secondary N) is 1. The van der Waals surface area contributed by atoms with Crippen molar-refractivity contribution in [3.05, 3.63) is 0 Å². The van der Waals surface area contributed by atoms with Gasteiger partial charge < -0.3 is 15.1 Å². The second-order valence-electron chi connectivity index (χ2n) is 5.46. The first-order valence-corrected chi connectivity index (χ1v) is 6.72. The molecule has 1 heterocycles. The van der Waals surface area contributed by atoms with Gasteiger partial charge in [0.1, 0.15) is 0 Å². The summed E-state index contributed by atoms with van der Waals surface area (Å²) in [6.45, 7) is 6.17. The molecule has 16 heavy (non-hydrogen) atoms. The Bertz CT molecular complexity index is 165. The lowest BCUT2D eigenvalue weighted by Crippen LogP contribution is -2.32. The highest BCUT2D eigenvalue weighted by Crippen LogP contribution is 2.14. The molecule has 3 nitrogen and oxygen atoms in total. The summed E-state index contributed by atoms with van der Waals surface area (Å²) in [5.74, 6) is 0.921. The molecule has 1 aliphatic rings. The van der Waals surface area contributed by atoms with Crippen molar-refractivity contribution in [3.63, 3.8) is 0 Å². The number of rotatable bonds is 7. The molecule has 0 aliphatic carbocycles. The Balaban J connectivity index is 1.98. The zero-order valence-corrected chi connectivity index (χ0v) is 11.3. The van der Waals surface area contributed by atoms with Crippen LogP contribution in [0.1, 0.15) is 25.7 Å². The fourth-order valence-corrected chi connectivity index (χ4v) is 2.34. The maximum Gasteiger partial charge on any atom is -0.000960 e. The van der Waals surface area contributed by atoms with Crippen LogP contribution < -0.4 is 5.32 Å². The molecule has 1 saturated heterocycles. The number of hydrogen-bond donors (Lipinski definition) is 1. The summed E-state index contributed by atoms with van der Waals surface area (Å²) in [6, 6.07) is 0. The van der Waals surface area contributed by atoms with Crippen molar-refractivity contribution in [2.45, 2.75) is 25.7 Å². The van der Waals surface area contributed by atoms with E-state index < -0.39 is 0 Å². The van der Waals surface area contributed by atoms with Gasteiger partial charge in [0, 0.05) is 0 Å². The summed E-state index contributed by atoms with van der Waals surface area (Å²) in [5.41, 5.74) is 0. The first-order chi connectivity index (χ1) is 7.68. The summed E-state index contributed by atoms with van der Waals surface area (Å²) >= 11 is 0. The molecule has 0 bridgehead atoms. The molecule has 0 aromatic carbocycles. The minimum Gasteiger partial charge on any atom is -0.316 e. The average molecular weight is 227 g/mol. The molecule has 1 aliphatic heterocycles. The van der Waals surface area contributed by atoms with Crippen LogP contribution in [0.4, 0.5) is 0 Å². The highest BCUT2D eigenvalue weighted by atomic mass is 15.1. The molecule has 1 unspecified atom stereocenters. The van der Waals surface area contributed by atoms with E-state index in [2.05, 4.69) is 36.3 Å². The van der Waals surface area contributed by atoms with Gasteiger partial charge in [0.15, 0.2) is 0 Å². The van der Waals surface area contributed by atoms with E-state index in [9.17, 15) is 0 Å². The molecule has 0 aromatic heterocycles. The minimum absolute atomic E-state index is 0.921. The van der Waals surface area contributed by atoms with Gasteiger partial charge in [-0.05, 0) is 85.5 Å². The second-order valence-corrected chi connectivity index (χ2v) is 5.46. The smallest absolute Gasteiger partial charge is 0.000960 e. The highest BCUT2D eigenvalue weighted by molar-refractivity contribution is 4.70. The Labute approximate surface area is 101 Å². The van der Waals surface area contributed by atoms with Gasteiger partial charge in [0.2, 0.25) is 0 Å². The Hall–Kier alpha value is -0.120. The van der Waals surface area contributed by atoms with Crippen molar-refractivity contribution in [3.8, 4) is 0 Å². The van der Waals surface area contributed by atoms with Crippen LogP contribution in [-0.2, 0) is 0 Å². The minimum atomic E-state index is 0.921. The van der Waals surface area contributed by atoms with Gasteiger partial charge in [0.25, 0.3) is 0 Å². The quantitative estimate of drug-likeness (QED) is 0.706. The lowest BCUT2D eigenvalue weighted by molar-refractivity contribution is 0.260. The molecule has 1 fully saturated rings.